The lowest BCUT2D eigenvalue weighted by molar-refractivity contribution is -0.123. The summed E-state index contributed by atoms with van der Waals surface area (Å²) >= 11 is 0. The fourth-order valence-electron chi connectivity index (χ4n) is 2.50. The molecule has 5 nitrogen and oxygen atoms in total. The molecule has 0 bridgehead atoms. The van der Waals surface area contributed by atoms with Gasteiger partial charge >= 0.3 is 0 Å². The zero-order valence-electron chi connectivity index (χ0n) is 15.3. The van der Waals surface area contributed by atoms with E-state index in [1.165, 1.54) is 4.90 Å². The molecule has 2 rings (SSSR count). The molecule has 1 N–H and O–H groups in total. The molecule has 2 aromatic carbocycles. The maximum absolute atomic E-state index is 12.9. The Balaban J connectivity index is 2.22. The van der Waals surface area contributed by atoms with E-state index in [0.29, 0.717) is 17.7 Å². The molecule has 0 radical (unpaired) electrons. The van der Waals surface area contributed by atoms with Crippen molar-refractivity contribution >= 4 is 11.8 Å². The summed E-state index contributed by atoms with van der Waals surface area (Å²) in [4.78, 5) is 26.8. The van der Waals surface area contributed by atoms with Crippen LogP contribution in [0.4, 0.5) is 0 Å². The lowest BCUT2D eigenvalue weighted by Crippen LogP contribution is -2.47. The SMILES string of the molecule is CC(C)(C)NC(=O)CN(Cc1ccccc1)C(=O)c1ccc(C#N)cc1. The van der Waals surface area contributed by atoms with Crippen LogP contribution >= 0.6 is 0 Å². The highest BCUT2D eigenvalue weighted by Crippen LogP contribution is 2.12. The number of carbonyl (C=O) groups is 2. The molecule has 0 fully saturated rings. The van der Waals surface area contributed by atoms with Gasteiger partial charge in [0.15, 0.2) is 0 Å². The maximum Gasteiger partial charge on any atom is 0.254 e. The highest BCUT2D eigenvalue weighted by Gasteiger charge is 2.21. The van der Waals surface area contributed by atoms with Crippen molar-refractivity contribution in [2.75, 3.05) is 6.54 Å². The summed E-state index contributed by atoms with van der Waals surface area (Å²) < 4.78 is 0. The lowest BCUT2D eigenvalue weighted by atomic mass is 10.1. The highest BCUT2D eigenvalue weighted by molar-refractivity contribution is 5.96. The molecule has 134 valence electrons. The number of hydrogen-bond acceptors (Lipinski definition) is 3. The molecule has 0 aromatic heterocycles. The van der Waals surface area contributed by atoms with Gasteiger partial charge in [-0.05, 0) is 50.6 Å². The smallest absolute Gasteiger partial charge is 0.254 e. The second-order valence-corrected chi connectivity index (χ2v) is 7.13. The van der Waals surface area contributed by atoms with Gasteiger partial charge in [0.1, 0.15) is 6.54 Å². The van der Waals surface area contributed by atoms with Crippen LogP contribution in [0.15, 0.2) is 54.6 Å². The first-order valence-electron chi connectivity index (χ1n) is 8.43. The van der Waals surface area contributed by atoms with Gasteiger partial charge in [0.05, 0.1) is 11.6 Å². The minimum atomic E-state index is -0.368. The van der Waals surface area contributed by atoms with Gasteiger partial charge in [-0.25, -0.2) is 0 Å². The van der Waals surface area contributed by atoms with Crippen molar-refractivity contribution in [3.8, 4) is 6.07 Å². The van der Waals surface area contributed by atoms with Gasteiger partial charge in [-0.15, -0.1) is 0 Å². The van der Waals surface area contributed by atoms with Gasteiger partial charge < -0.3 is 10.2 Å². The summed E-state index contributed by atoms with van der Waals surface area (Å²) in [7, 11) is 0. The van der Waals surface area contributed by atoms with Crippen molar-refractivity contribution in [2.45, 2.75) is 32.9 Å². The fourth-order valence-corrected chi connectivity index (χ4v) is 2.50. The van der Waals surface area contributed by atoms with E-state index < -0.39 is 0 Å². The van der Waals surface area contributed by atoms with Crippen LogP contribution in [0, 0.1) is 11.3 Å². The number of hydrogen-bond donors (Lipinski definition) is 1. The topological polar surface area (TPSA) is 73.2 Å². The van der Waals surface area contributed by atoms with Crippen molar-refractivity contribution in [1.82, 2.24) is 10.2 Å². The van der Waals surface area contributed by atoms with Crippen LogP contribution in [-0.2, 0) is 11.3 Å². The number of rotatable bonds is 5. The Kier molecular flexibility index (Phi) is 6.13. The average molecular weight is 349 g/mol. The molecule has 0 spiro atoms. The number of nitriles is 1. The van der Waals surface area contributed by atoms with E-state index in [0.717, 1.165) is 5.56 Å². The quantitative estimate of drug-likeness (QED) is 0.901. The molecule has 0 aliphatic carbocycles. The monoisotopic (exact) mass is 349 g/mol. The lowest BCUT2D eigenvalue weighted by Gasteiger charge is -2.26. The standard InChI is InChI=1S/C21H23N3O2/c1-21(2,3)23-19(25)15-24(14-17-7-5-4-6-8-17)20(26)18-11-9-16(13-22)10-12-18/h4-12H,14-15H2,1-3H3,(H,23,25). The maximum atomic E-state index is 12.9. The largest absolute Gasteiger partial charge is 0.350 e. The number of carbonyl (C=O) groups excluding carboxylic acids is 2. The van der Waals surface area contributed by atoms with Crippen molar-refractivity contribution in [2.24, 2.45) is 0 Å². The number of nitrogens with one attached hydrogen (secondary N) is 1. The molecular weight excluding hydrogens is 326 g/mol. The summed E-state index contributed by atoms with van der Waals surface area (Å²) in [5, 5.41) is 11.8. The molecule has 0 saturated carbocycles. The summed E-state index contributed by atoms with van der Waals surface area (Å²) in [6.45, 7) is 5.99. The van der Waals surface area contributed by atoms with Gasteiger partial charge in [0, 0.05) is 17.6 Å². The first kappa shape index (κ1) is 19.2. The van der Waals surface area contributed by atoms with Crippen molar-refractivity contribution in [1.29, 1.82) is 5.26 Å². The summed E-state index contributed by atoms with van der Waals surface area (Å²) in [6, 6.07) is 18.0. The Bertz CT molecular complexity index is 800. The normalized spacial score (nSPS) is 10.7. The fraction of sp³-hybridized carbons (Fsp3) is 0.286. The minimum absolute atomic E-state index is 0.0367. The van der Waals surface area contributed by atoms with E-state index in [1.807, 2.05) is 57.2 Å². The zero-order chi connectivity index (χ0) is 19.2. The van der Waals surface area contributed by atoms with Crippen LogP contribution < -0.4 is 5.32 Å². The third kappa shape index (κ3) is 5.75. The minimum Gasteiger partial charge on any atom is -0.350 e. The summed E-state index contributed by atoms with van der Waals surface area (Å²) in [5.41, 5.74) is 1.51. The second-order valence-electron chi connectivity index (χ2n) is 7.13. The number of nitrogens with zero attached hydrogens (tertiary/aromatic N) is 2. The van der Waals surface area contributed by atoms with Crippen molar-refractivity contribution in [3.63, 3.8) is 0 Å². The summed E-state index contributed by atoms with van der Waals surface area (Å²) in [5.74, 6) is -0.460. The van der Waals surface area contributed by atoms with E-state index in [1.54, 1.807) is 24.3 Å². The first-order valence-corrected chi connectivity index (χ1v) is 8.43. The molecule has 0 unspecified atom stereocenters. The number of benzene rings is 2. The third-order valence-electron chi connectivity index (χ3n) is 3.61. The molecule has 26 heavy (non-hydrogen) atoms. The van der Waals surface area contributed by atoms with E-state index in [4.69, 9.17) is 5.26 Å². The van der Waals surface area contributed by atoms with Crippen LogP contribution in [0.1, 0.15) is 42.3 Å². The van der Waals surface area contributed by atoms with Crippen molar-refractivity contribution in [3.05, 3.63) is 71.3 Å². The van der Waals surface area contributed by atoms with Crippen LogP contribution in [0.5, 0.6) is 0 Å². The molecule has 0 aliphatic rings. The number of amides is 2. The van der Waals surface area contributed by atoms with E-state index >= 15 is 0 Å². The molecule has 0 atom stereocenters. The Morgan fingerprint density at radius 1 is 1.04 bits per heavy atom. The van der Waals surface area contributed by atoms with E-state index in [2.05, 4.69) is 5.32 Å². The van der Waals surface area contributed by atoms with Crippen molar-refractivity contribution < 1.29 is 9.59 Å². The van der Waals surface area contributed by atoms with Gasteiger partial charge in [-0.3, -0.25) is 9.59 Å². The van der Waals surface area contributed by atoms with Gasteiger partial charge in [0.2, 0.25) is 5.91 Å². The van der Waals surface area contributed by atoms with Crippen LogP contribution in [0.3, 0.4) is 0 Å². The molecule has 0 heterocycles. The average Bonchev–Trinajstić information content (AvgIpc) is 2.60. The molecule has 0 aliphatic heterocycles. The van der Waals surface area contributed by atoms with Gasteiger partial charge in [-0.2, -0.15) is 5.26 Å². The third-order valence-corrected chi connectivity index (χ3v) is 3.61. The summed E-state index contributed by atoms with van der Waals surface area (Å²) in [6.07, 6.45) is 0. The van der Waals surface area contributed by atoms with Gasteiger partial charge in [-0.1, -0.05) is 30.3 Å². The van der Waals surface area contributed by atoms with Crippen LogP contribution in [-0.4, -0.2) is 28.8 Å². The first-order chi connectivity index (χ1) is 12.3. The molecule has 2 aromatic rings. The Morgan fingerprint density at radius 3 is 2.19 bits per heavy atom. The highest BCUT2D eigenvalue weighted by atomic mass is 16.2. The molecule has 5 heteroatoms. The van der Waals surface area contributed by atoms with E-state index in [9.17, 15) is 9.59 Å². The van der Waals surface area contributed by atoms with Crippen LogP contribution in [0.2, 0.25) is 0 Å². The zero-order valence-corrected chi connectivity index (χ0v) is 15.3. The van der Waals surface area contributed by atoms with Crippen LogP contribution in [0.25, 0.3) is 0 Å². The van der Waals surface area contributed by atoms with Gasteiger partial charge in [0.25, 0.3) is 5.91 Å². The Labute approximate surface area is 154 Å². The molecular formula is C21H23N3O2. The predicted octanol–water partition coefficient (Wildman–Crippen LogP) is 3.12. The molecule has 0 saturated heterocycles. The molecule has 2 amide bonds. The Morgan fingerprint density at radius 2 is 1.65 bits per heavy atom. The van der Waals surface area contributed by atoms with E-state index in [-0.39, 0.29) is 23.9 Å². The predicted molar refractivity (Wildman–Crippen MR) is 100 cm³/mol. The second kappa shape index (κ2) is 8.30. The Hall–Kier alpha value is -3.13.